The van der Waals surface area contributed by atoms with Crippen LogP contribution in [0.4, 0.5) is 8.78 Å². The number of hydrogen-bond acceptors (Lipinski definition) is 2. The normalized spacial score (nSPS) is 19.7. The predicted molar refractivity (Wildman–Crippen MR) is 91.0 cm³/mol. The molecular formula is C18H17BrF2N2O2. The number of amides is 1. The lowest BCUT2D eigenvalue weighted by Crippen LogP contribution is -2.27. The molecule has 1 unspecified atom stereocenters. The van der Waals surface area contributed by atoms with E-state index in [1.165, 1.54) is 17.0 Å². The highest BCUT2D eigenvalue weighted by molar-refractivity contribution is 9.10. The summed E-state index contributed by atoms with van der Waals surface area (Å²) in [6.45, 7) is 1.67. The van der Waals surface area contributed by atoms with Crippen molar-refractivity contribution in [1.29, 1.82) is 0 Å². The van der Waals surface area contributed by atoms with Crippen molar-refractivity contribution in [1.82, 2.24) is 9.47 Å². The van der Waals surface area contributed by atoms with E-state index in [0.29, 0.717) is 23.3 Å². The minimum atomic E-state index is -0.654. The summed E-state index contributed by atoms with van der Waals surface area (Å²) in [5, 5.41) is 0. The predicted octanol–water partition coefficient (Wildman–Crippen LogP) is 3.86. The second kappa shape index (κ2) is 6.53. The summed E-state index contributed by atoms with van der Waals surface area (Å²) in [4.78, 5) is 14.2. The third-order valence-electron chi connectivity index (χ3n) is 4.78. The molecule has 0 N–H and O–H groups in total. The first-order valence-electron chi connectivity index (χ1n) is 8.25. The van der Waals surface area contributed by atoms with Crippen LogP contribution in [0.15, 0.2) is 28.9 Å². The van der Waals surface area contributed by atoms with Crippen LogP contribution >= 0.6 is 15.9 Å². The Morgan fingerprint density at radius 2 is 2.04 bits per heavy atom. The first-order chi connectivity index (χ1) is 12.0. The lowest BCUT2D eigenvalue weighted by Gasteiger charge is -2.18. The van der Waals surface area contributed by atoms with E-state index in [4.69, 9.17) is 4.74 Å². The molecule has 1 atom stereocenters. The zero-order valence-corrected chi connectivity index (χ0v) is 15.1. The molecule has 3 heterocycles. The third kappa shape index (κ3) is 3.11. The standard InChI is InChI=1S/C18H17BrF2N2O2/c19-12-6-15(20)14(16(21)7-12)10-23-8-11-3-4-22(17(11)18(23)24)9-13-2-1-5-25-13/h3-4,6-7,13H,1-2,5,8-10H2. The molecule has 25 heavy (non-hydrogen) atoms. The Bertz CT molecular complexity index is 807. The monoisotopic (exact) mass is 410 g/mol. The van der Waals surface area contributed by atoms with Crippen molar-refractivity contribution in [2.45, 2.75) is 38.6 Å². The van der Waals surface area contributed by atoms with Gasteiger partial charge in [0.15, 0.2) is 0 Å². The van der Waals surface area contributed by atoms with Gasteiger partial charge >= 0.3 is 0 Å². The van der Waals surface area contributed by atoms with E-state index in [-0.39, 0.29) is 24.1 Å². The quantitative estimate of drug-likeness (QED) is 0.766. The molecule has 0 spiro atoms. The van der Waals surface area contributed by atoms with Crippen molar-refractivity contribution in [3.05, 3.63) is 57.3 Å². The molecule has 1 amide bonds. The Morgan fingerprint density at radius 3 is 2.72 bits per heavy atom. The molecule has 4 rings (SSSR count). The van der Waals surface area contributed by atoms with Gasteiger partial charge in [0, 0.05) is 41.5 Å². The second-order valence-corrected chi connectivity index (χ2v) is 7.40. The van der Waals surface area contributed by atoms with Crippen LogP contribution in [0.5, 0.6) is 0 Å². The van der Waals surface area contributed by atoms with Crippen LogP contribution < -0.4 is 0 Å². The summed E-state index contributed by atoms with van der Waals surface area (Å²) in [6, 6.07) is 4.32. The summed E-state index contributed by atoms with van der Waals surface area (Å²) in [6.07, 6.45) is 4.04. The lowest BCUT2D eigenvalue weighted by atomic mass is 10.2. The van der Waals surface area contributed by atoms with E-state index in [2.05, 4.69) is 15.9 Å². The Labute approximate surface area is 152 Å². The third-order valence-corrected chi connectivity index (χ3v) is 5.23. The molecule has 1 aromatic carbocycles. The van der Waals surface area contributed by atoms with E-state index in [9.17, 15) is 13.6 Å². The fraction of sp³-hybridized carbons (Fsp3) is 0.389. The summed E-state index contributed by atoms with van der Waals surface area (Å²) < 4.78 is 36.0. The van der Waals surface area contributed by atoms with Gasteiger partial charge in [0.25, 0.3) is 5.91 Å². The number of benzene rings is 1. The molecule has 1 aromatic heterocycles. The molecule has 132 valence electrons. The molecular weight excluding hydrogens is 394 g/mol. The number of nitrogens with zero attached hydrogens (tertiary/aromatic N) is 2. The fourth-order valence-corrected chi connectivity index (χ4v) is 3.94. The van der Waals surface area contributed by atoms with Crippen molar-refractivity contribution in [2.75, 3.05) is 6.61 Å². The topological polar surface area (TPSA) is 34.5 Å². The van der Waals surface area contributed by atoms with Gasteiger partial charge in [0.05, 0.1) is 12.6 Å². The molecule has 0 radical (unpaired) electrons. The smallest absolute Gasteiger partial charge is 0.271 e. The maximum Gasteiger partial charge on any atom is 0.271 e. The molecule has 1 fully saturated rings. The van der Waals surface area contributed by atoms with Gasteiger partial charge in [0.1, 0.15) is 17.3 Å². The highest BCUT2D eigenvalue weighted by Gasteiger charge is 2.32. The first kappa shape index (κ1) is 16.7. The maximum absolute atomic E-state index is 14.1. The second-order valence-electron chi connectivity index (χ2n) is 6.49. The van der Waals surface area contributed by atoms with Crippen molar-refractivity contribution < 1.29 is 18.3 Å². The number of rotatable bonds is 4. The molecule has 1 saturated heterocycles. The minimum Gasteiger partial charge on any atom is -0.376 e. The van der Waals surface area contributed by atoms with Crippen LogP contribution in [0.25, 0.3) is 0 Å². The largest absolute Gasteiger partial charge is 0.376 e. The highest BCUT2D eigenvalue weighted by atomic mass is 79.9. The van der Waals surface area contributed by atoms with Crippen LogP contribution in [0.3, 0.4) is 0 Å². The Hall–Kier alpha value is -1.73. The summed E-state index contributed by atoms with van der Waals surface area (Å²) >= 11 is 3.06. The first-order valence-corrected chi connectivity index (χ1v) is 9.04. The number of halogens is 3. The lowest BCUT2D eigenvalue weighted by molar-refractivity contribution is 0.0740. The van der Waals surface area contributed by atoms with E-state index < -0.39 is 11.6 Å². The van der Waals surface area contributed by atoms with Gasteiger partial charge in [-0.1, -0.05) is 15.9 Å². The van der Waals surface area contributed by atoms with Crippen LogP contribution in [0.2, 0.25) is 0 Å². The molecule has 4 nitrogen and oxygen atoms in total. The minimum absolute atomic E-state index is 0.0849. The van der Waals surface area contributed by atoms with Gasteiger partial charge in [-0.05, 0) is 31.0 Å². The van der Waals surface area contributed by atoms with E-state index >= 15 is 0 Å². The van der Waals surface area contributed by atoms with Gasteiger partial charge in [-0.25, -0.2) is 8.78 Å². The molecule has 7 heteroatoms. The van der Waals surface area contributed by atoms with Crippen LogP contribution in [-0.4, -0.2) is 28.1 Å². The molecule has 0 bridgehead atoms. The zero-order valence-electron chi connectivity index (χ0n) is 13.5. The Morgan fingerprint density at radius 1 is 1.28 bits per heavy atom. The number of carbonyl (C=O) groups excluding carboxylic acids is 1. The number of hydrogen-bond donors (Lipinski definition) is 0. The summed E-state index contributed by atoms with van der Waals surface area (Å²) in [5.41, 5.74) is 1.40. The van der Waals surface area contributed by atoms with Gasteiger partial charge < -0.3 is 14.2 Å². The van der Waals surface area contributed by atoms with Gasteiger partial charge in [-0.2, -0.15) is 0 Å². The van der Waals surface area contributed by atoms with E-state index in [1.807, 2.05) is 16.8 Å². The average Bonchev–Trinajstić information content (AvgIpc) is 3.25. The fourth-order valence-electron chi connectivity index (χ4n) is 3.53. The van der Waals surface area contributed by atoms with E-state index in [1.54, 1.807) is 0 Å². The van der Waals surface area contributed by atoms with Gasteiger partial charge in [0.2, 0.25) is 0 Å². The number of ether oxygens (including phenoxy) is 1. The number of aromatic nitrogens is 1. The van der Waals surface area contributed by atoms with Crippen LogP contribution in [0, 0.1) is 11.6 Å². The summed E-state index contributed by atoms with van der Waals surface area (Å²) in [5.74, 6) is -1.50. The van der Waals surface area contributed by atoms with Gasteiger partial charge in [-0.3, -0.25) is 4.79 Å². The van der Waals surface area contributed by atoms with Crippen LogP contribution in [-0.2, 0) is 24.4 Å². The SMILES string of the molecule is O=C1c2c(ccn2CC2CCCO2)CN1Cc1c(F)cc(Br)cc1F. The molecule has 0 saturated carbocycles. The zero-order chi connectivity index (χ0) is 17.6. The van der Waals surface area contributed by atoms with Gasteiger partial charge in [-0.15, -0.1) is 0 Å². The van der Waals surface area contributed by atoms with E-state index in [0.717, 1.165) is 25.0 Å². The molecule has 2 aliphatic rings. The molecule has 0 aliphatic carbocycles. The average molecular weight is 411 g/mol. The van der Waals surface area contributed by atoms with Crippen molar-refractivity contribution in [3.8, 4) is 0 Å². The maximum atomic E-state index is 14.1. The highest BCUT2D eigenvalue weighted by Crippen LogP contribution is 2.29. The molecule has 2 aliphatic heterocycles. The Balaban J connectivity index is 1.54. The number of fused-ring (bicyclic) bond motifs is 1. The number of carbonyl (C=O) groups is 1. The Kier molecular flexibility index (Phi) is 4.37. The van der Waals surface area contributed by atoms with Crippen molar-refractivity contribution in [2.24, 2.45) is 0 Å². The van der Waals surface area contributed by atoms with Crippen molar-refractivity contribution >= 4 is 21.8 Å². The summed E-state index contributed by atoms with van der Waals surface area (Å²) in [7, 11) is 0. The van der Waals surface area contributed by atoms with Crippen molar-refractivity contribution in [3.63, 3.8) is 0 Å². The molecule has 2 aromatic rings. The van der Waals surface area contributed by atoms with Crippen LogP contribution in [0.1, 0.15) is 34.5 Å².